The first-order valence-corrected chi connectivity index (χ1v) is 7.86. The zero-order valence-electron chi connectivity index (χ0n) is 14.1. The van der Waals surface area contributed by atoms with Gasteiger partial charge >= 0.3 is 12.3 Å². The summed E-state index contributed by atoms with van der Waals surface area (Å²) in [5.74, 6) is 0.0247. The summed E-state index contributed by atoms with van der Waals surface area (Å²) in [4.78, 5) is 13.7. The smallest absolute Gasteiger partial charge is 0.415 e. The normalized spacial score (nSPS) is 22.6. The van der Waals surface area contributed by atoms with Crippen LogP contribution in [-0.4, -0.2) is 59.7 Å². The van der Waals surface area contributed by atoms with E-state index in [9.17, 15) is 18.0 Å². The van der Waals surface area contributed by atoms with E-state index in [1.165, 1.54) is 0 Å². The summed E-state index contributed by atoms with van der Waals surface area (Å²) in [5, 5.41) is 11.7. The Hall–Kier alpha value is -1.02. The average molecular weight is 340 g/mol. The standard InChI is InChI=1S/C15H27F3N2O3/c1-10(19-8-12(21)15(16,17)18)11-6-5-7-20(9-11)13(22)23-14(2,3)4/h10-12,19,21H,5-9H2,1-4H3/t10-,11-,12+/m0/s1. The van der Waals surface area contributed by atoms with Crippen LogP contribution in [0.25, 0.3) is 0 Å². The Morgan fingerprint density at radius 3 is 2.52 bits per heavy atom. The molecule has 0 aromatic heterocycles. The number of piperidine rings is 1. The fourth-order valence-electron chi connectivity index (χ4n) is 2.49. The minimum absolute atomic E-state index is 0.0247. The van der Waals surface area contributed by atoms with E-state index in [2.05, 4.69) is 5.32 Å². The maximum atomic E-state index is 12.3. The second kappa shape index (κ2) is 7.70. The molecule has 1 saturated heterocycles. The summed E-state index contributed by atoms with van der Waals surface area (Å²) >= 11 is 0. The Morgan fingerprint density at radius 1 is 1.39 bits per heavy atom. The number of hydrogen-bond acceptors (Lipinski definition) is 4. The average Bonchev–Trinajstić information content (AvgIpc) is 2.41. The Labute approximate surface area is 135 Å². The number of aliphatic hydroxyl groups excluding tert-OH is 1. The van der Waals surface area contributed by atoms with Crippen LogP contribution < -0.4 is 5.32 Å². The molecule has 1 aliphatic heterocycles. The molecule has 0 spiro atoms. The van der Waals surface area contributed by atoms with Crippen LogP contribution in [0.1, 0.15) is 40.5 Å². The molecular formula is C15H27F3N2O3. The number of nitrogens with one attached hydrogen (secondary N) is 1. The Kier molecular flexibility index (Phi) is 6.70. The number of nitrogens with zero attached hydrogens (tertiary/aromatic N) is 1. The zero-order chi connectivity index (χ0) is 17.8. The third-order valence-electron chi connectivity index (χ3n) is 3.83. The van der Waals surface area contributed by atoms with Gasteiger partial charge in [0.05, 0.1) is 0 Å². The Bertz CT molecular complexity index is 396. The van der Waals surface area contributed by atoms with Crippen molar-refractivity contribution in [1.82, 2.24) is 10.2 Å². The van der Waals surface area contributed by atoms with Crippen LogP contribution in [0.3, 0.4) is 0 Å². The highest BCUT2D eigenvalue weighted by atomic mass is 19.4. The largest absolute Gasteiger partial charge is 0.444 e. The van der Waals surface area contributed by atoms with Crippen molar-refractivity contribution < 1.29 is 27.8 Å². The van der Waals surface area contributed by atoms with Crippen molar-refractivity contribution in [3.05, 3.63) is 0 Å². The zero-order valence-corrected chi connectivity index (χ0v) is 14.1. The van der Waals surface area contributed by atoms with E-state index in [1.807, 2.05) is 0 Å². The first-order valence-electron chi connectivity index (χ1n) is 7.86. The van der Waals surface area contributed by atoms with Crippen molar-refractivity contribution in [2.24, 2.45) is 5.92 Å². The molecule has 0 aromatic rings. The lowest BCUT2D eigenvalue weighted by Crippen LogP contribution is -2.50. The van der Waals surface area contributed by atoms with Gasteiger partial charge < -0.3 is 20.1 Å². The molecule has 3 atom stereocenters. The van der Waals surface area contributed by atoms with Gasteiger partial charge in [-0.15, -0.1) is 0 Å². The van der Waals surface area contributed by atoms with E-state index in [0.29, 0.717) is 13.1 Å². The van der Waals surface area contributed by atoms with Crippen molar-refractivity contribution >= 4 is 6.09 Å². The number of amides is 1. The molecule has 2 N–H and O–H groups in total. The molecule has 1 amide bonds. The summed E-state index contributed by atoms with van der Waals surface area (Å²) in [5.41, 5.74) is -0.579. The Morgan fingerprint density at radius 2 is 2.00 bits per heavy atom. The third kappa shape index (κ3) is 6.95. The molecule has 1 fully saturated rings. The summed E-state index contributed by atoms with van der Waals surface area (Å²) in [7, 11) is 0. The van der Waals surface area contributed by atoms with E-state index in [-0.39, 0.29) is 12.0 Å². The van der Waals surface area contributed by atoms with E-state index < -0.39 is 30.5 Å². The van der Waals surface area contributed by atoms with Crippen molar-refractivity contribution in [3.63, 3.8) is 0 Å². The minimum atomic E-state index is -4.62. The van der Waals surface area contributed by atoms with Crippen molar-refractivity contribution in [1.29, 1.82) is 0 Å². The molecule has 1 aliphatic rings. The second-order valence-electron chi connectivity index (χ2n) is 7.08. The first kappa shape index (κ1) is 20.0. The predicted octanol–water partition coefficient (Wildman–Crippen LogP) is 2.53. The van der Waals surface area contributed by atoms with Gasteiger partial charge in [-0.25, -0.2) is 4.79 Å². The van der Waals surface area contributed by atoms with Crippen LogP contribution in [0.15, 0.2) is 0 Å². The molecule has 1 heterocycles. The summed E-state index contributed by atoms with van der Waals surface area (Å²) < 4.78 is 42.2. The molecular weight excluding hydrogens is 313 g/mol. The lowest BCUT2D eigenvalue weighted by atomic mass is 9.91. The van der Waals surface area contributed by atoms with Gasteiger partial charge in [-0.2, -0.15) is 13.2 Å². The Balaban J connectivity index is 2.49. The second-order valence-corrected chi connectivity index (χ2v) is 7.08. The summed E-state index contributed by atoms with van der Waals surface area (Å²) in [6, 6.07) is -0.239. The number of carbonyl (C=O) groups is 1. The molecule has 5 nitrogen and oxygen atoms in total. The van der Waals surface area contributed by atoms with Gasteiger partial charge in [0.15, 0.2) is 6.10 Å². The van der Waals surface area contributed by atoms with Gasteiger partial charge in [-0.1, -0.05) is 0 Å². The van der Waals surface area contributed by atoms with E-state index in [0.717, 1.165) is 12.8 Å². The molecule has 0 radical (unpaired) electrons. The summed E-state index contributed by atoms with van der Waals surface area (Å²) in [6.07, 6.45) is -5.81. The predicted molar refractivity (Wildman–Crippen MR) is 80.1 cm³/mol. The van der Waals surface area contributed by atoms with Crippen LogP contribution in [0, 0.1) is 5.92 Å². The molecule has 1 rings (SSSR count). The number of hydrogen-bond donors (Lipinski definition) is 2. The van der Waals surface area contributed by atoms with Gasteiger partial charge in [0.25, 0.3) is 0 Å². The van der Waals surface area contributed by atoms with Crippen LogP contribution in [0.5, 0.6) is 0 Å². The fraction of sp³-hybridized carbons (Fsp3) is 0.933. The third-order valence-corrected chi connectivity index (χ3v) is 3.83. The van der Waals surface area contributed by atoms with Crippen LogP contribution in [0.4, 0.5) is 18.0 Å². The van der Waals surface area contributed by atoms with E-state index >= 15 is 0 Å². The van der Waals surface area contributed by atoms with Crippen molar-refractivity contribution in [3.8, 4) is 0 Å². The van der Waals surface area contributed by atoms with Crippen LogP contribution in [-0.2, 0) is 4.74 Å². The SMILES string of the molecule is C[C@H](NC[C@@H](O)C(F)(F)F)[C@H]1CCCN(C(=O)OC(C)(C)C)C1. The lowest BCUT2D eigenvalue weighted by molar-refractivity contribution is -0.202. The van der Waals surface area contributed by atoms with Gasteiger partial charge in [-0.05, 0) is 46.5 Å². The number of carbonyl (C=O) groups excluding carboxylic acids is 1. The monoisotopic (exact) mass is 340 g/mol. The molecule has 136 valence electrons. The number of likely N-dealkylation sites (tertiary alicyclic amines) is 1. The molecule has 0 aliphatic carbocycles. The van der Waals surface area contributed by atoms with Gasteiger partial charge in [-0.3, -0.25) is 0 Å². The quantitative estimate of drug-likeness (QED) is 0.826. The fourth-order valence-corrected chi connectivity index (χ4v) is 2.49. The minimum Gasteiger partial charge on any atom is -0.444 e. The van der Waals surface area contributed by atoms with Gasteiger partial charge in [0.2, 0.25) is 0 Å². The summed E-state index contributed by atoms with van der Waals surface area (Å²) in [6.45, 7) is 7.60. The van der Waals surface area contributed by atoms with E-state index in [4.69, 9.17) is 9.84 Å². The van der Waals surface area contributed by atoms with Crippen molar-refractivity contribution in [2.75, 3.05) is 19.6 Å². The van der Waals surface area contributed by atoms with Crippen molar-refractivity contribution in [2.45, 2.75) is 64.5 Å². The van der Waals surface area contributed by atoms with Crippen LogP contribution >= 0.6 is 0 Å². The van der Waals surface area contributed by atoms with E-state index in [1.54, 1.807) is 32.6 Å². The highest BCUT2D eigenvalue weighted by molar-refractivity contribution is 5.68. The number of halogens is 3. The molecule has 0 aromatic carbocycles. The molecule has 0 unspecified atom stereocenters. The first-order chi connectivity index (χ1) is 10.4. The molecule has 23 heavy (non-hydrogen) atoms. The number of rotatable bonds is 4. The molecule has 0 bridgehead atoms. The maximum absolute atomic E-state index is 12.3. The number of aliphatic hydroxyl groups is 1. The lowest BCUT2D eigenvalue weighted by Gasteiger charge is -2.37. The maximum Gasteiger partial charge on any atom is 0.415 e. The van der Waals surface area contributed by atoms with Crippen LogP contribution in [0.2, 0.25) is 0 Å². The number of ether oxygens (including phenoxy) is 1. The topological polar surface area (TPSA) is 61.8 Å². The van der Waals surface area contributed by atoms with Gasteiger partial charge in [0, 0.05) is 25.7 Å². The molecule has 8 heteroatoms. The highest BCUT2D eigenvalue weighted by Gasteiger charge is 2.38. The number of alkyl halides is 3. The van der Waals surface area contributed by atoms with Gasteiger partial charge in [0.1, 0.15) is 5.60 Å². The molecule has 0 saturated carbocycles. The highest BCUT2D eigenvalue weighted by Crippen LogP contribution is 2.23.